The highest BCUT2D eigenvalue weighted by Gasteiger charge is 2.26. The molecule has 0 amide bonds. The van der Waals surface area contributed by atoms with Crippen LogP contribution in [-0.4, -0.2) is 16.8 Å². The molecule has 3 heteroatoms. The molecule has 0 radical (unpaired) electrons. The minimum atomic E-state index is -0.0922. The van der Waals surface area contributed by atoms with E-state index in [0.29, 0.717) is 13.0 Å². The van der Waals surface area contributed by atoms with Crippen molar-refractivity contribution in [3.63, 3.8) is 0 Å². The maximum Gasteiger partial charge on any atom is 0.152 e. The number of hydrogen-bond acceptors (Lipinski definition) is 3. The van der Waals surface area contributed by atoms with Gasteiger partial charge < -0.3 is 15.9 Å². The summed E-state index contributed by atoms with van der Waals surface area (Å²) in [5.74, 6) is 0.0398. The summed E-state index contributed by atoms with van der Waals surface area (Å²) in [6.45, 7) is 2.61. The Balaban J connectivity index is 2.72. The van der Waals surface area contributed by atoms with Gasteiger partial charge in [-0.25, -0.2) is 0 Å². The van der Waals surface area contributed by atoms with E-state index < -0.39 is 0 Å². The minimum Gasteiger partial charge on any atom is -0.508 e. The van der Waals surface area contributed by atoms with E-state index in [1.165, 1.54) is 6.08 Å². The molecular weight excluding hydrogens is 154 g/mol. The Morgan fingerprint density at radius 1 is 1.58 bits per heavy atom. The van der Waals surface area contributed by atoms with Crippen molar-refractivity contribution < 1.29 is 10.2 Å². The molecule has 0 heterocycles. The van der Waals surface area contributed by atoms with E-state index in [2.05, 4.69) is 0 Å². The molecule has 1 atom stereocenters. The van der Waals surface area contributed by atoms with E-state index in [4.69, 9.17) is 10.8 Å². The molecule has 0 fully saturated rings. The maximum atomic E-state index is 9.28. The summed E-state index contributed by atoms with van der Waals surface area (Å²) in [6, 6.07) is 0. The predicted molar refractivity (Wildman–Crippen MR) is 47.8 cm³/mol. The van der Waals surface area contributed by atoms with E-state index in [1.807, 2.05) is 13.0 Å². The smallest absolute Gasteiger partial charge is 0.152 e. The third kappa shape index (κ3) is 1.80. The first-order valence-electron chi connectivity index (χ1n) is 4.08. The van der Waals surface area contributed by atoms with Gasteiger partial charge in [-0.05, 0) is 24.5 Å². The first-order chi connectivity index (χ1) is 5.57. The third-order valence-electron chi connectivity index (χ3n) is 2.23. The summed E-state index contributed by atoms with van der Waals surface area (Å²) >= 11 is 0. The lowest BCUT2D eigenvalue weighted by Gasteiger charge is -2.27. The molecule has 1 aliphatic carbocycles. The van der Waals surface area contributed by atoms with Crippen LogP contribution in [0.5, 0.6) is 0 Å². The van der Waals surface area contributed by atoms with Crippen LogP contribution in [0.2, 0.25) is 0 Å². The van der Waals surface area contributed by atoms with E-state index in [0.717, 1.165) is 6.42 Å². The SMILES string of the molecule is CC1(CCN)C=CC(O)=C(O)C1. The second-order valence-electron chi connectivity index (χ2n) is 3.53. The number of aliphatic hydroxyl groups is 2. The van der Waals surface area contributed by atoms with Crippen molar-refractivity contribution in [1.29, 1.82) is 0 Å². The Morgan fingerprint density at radius 2 is 2.25 bits per heavy atom. The van der Waals surface area contributed by atoms with Crippen molar-refractivity contribution in [2.45, 2.75) is 19.8 Å². The molecule has 68 valence electrons. The van der Waals surface area contributed by atoms with Gasteiger partial charge >= 0.3 is 0 Å². The summed E-state index contributed by atoms with van der Waals surface area (Å²) in [4.78, 5) is 0. The van der Waals surface area contributed by atoms with Gasteiger partial charge in [0.25, 0.3) is 0 Å². The fourth-order valence-corrected chi connectivity index (χ4v) is 1.41. The van der Waals surface area contributed by atoms with Crippen molar-refractivity contribution >= 4 is 0 Å². The first-order valence-corrected chi connectivity index (χ1v) is 4.08. The molecule has 0 saturated heterocycles. The molecule has 3 nitrogen and oxygen atoms in total. The molecule has 0 aromatic carbocycles. The van der Waals surface area contributed by atoms with Crippen LogP contribution >= 0.6 is 0 Å². The topological polar surface area (TPSA) is 66.5 Å². The highest BCUT2D eigenvalue weighted by atomic mass is 16.3. The summed E-state index contributed by atoms with van der Waals surface area (Å²) < 4.78 is 0. The average molecular weight is 169 g/mol. The monoisotopic (exact) mass is 169 g/mol. The van der Waals surface area contributed by atoms with Crippen molar-refractivity contribution in [3.8, 4) is 0 Å². The largest absolute Gasteiger partial charge is 0.508 e. The number of allylic oxidation sites excluding steroid dienone is 3. The molecular formula is C9H15NO2. The van der Waals surface area contributed by atoms with Gasteiger partial charge in [0.1, 0.15) is 5.76 Å². The third-order valence-corrected chi connectivity index (χ3v) is 2.23. The lowest BCUT2D eigenvalue weighted by atomic mass is 9.79. The summed E-state index contributed by atoms with van der Waals surface area (Å²) in [7, 11) is 0. The molecule has 1 rings (SSSR count). The zero-order chi connectivity index (χ0) is 9.19. The van der Waals surface area contributed by atoms with Gasteiger partial charge in [-0.1, -0.05) is 13.0 Å². The highest BCUT2D eigenvalue weighted by Crippen LogP contribution is 2.34. The molecule has 12 heavy (non-hydrogen) atoms. The number of aliphatic hydroxyl groups excluding tert-OH is 2. The molecule has 1 aliphatic rings. The fraction of sp³-hybridized carbons (Fsp3) is 0.556. The van der Waals surface area contributed by atoms with Gasteiger partial charge in [0.2, 0.25) is 0 Å². The highest BCUT2D eigenvalue weighted by molar-refractivity contribution is 5.23. The van der Waals surface area contributed by atoms with Gasteiger partial charge in [-0.3, -0.25) is 0 Å². The van der Waals surface area contributed by atoms with E-state index in [1.54, 1.807) is 0 Å². The summed E-state index contributed by atoms with van der Waals surface area (Å²) in [6.07, 6.45) is 4.73. The van der Waals surface area contributed by atoms with Crippen LogP contribution in [0.1, 0.15) is 19.8 Å². The van der Waals surface area contributed by atoms with Crippen LogP contribution in [0.3, 0.4) is 0 Å². The van der Waals surface area contributed by atoms with Gasteiger partial charge in [0.15, 0.2) is 5.76 Å². The van der Waals surface area contributed by atoms with Gasteiger partial charge in [-0.2, -0.15) is 0 Å². The fourth-order valence-electron chi connectivity index (χ4n) is 1.41. The van der Waals surface area contributed by atoms with Crippen molar-refractivity contribution in [1.82, 2.24) is 0 Å². The second kappa shape index (κ2) is 3.19. The molecule has 1 unspecified atom stereocenters. The van der Waals surface area contributed by atoms with Gasteiger partial charge in [0, 0.05) is 6.42 Å². The molecule has 0 spiro atoms. The van der Waals surface area contributed by atoms with Crippen molar-refractivity contribution in [2.75, 3.05) is 6.54 Å². The van der Waals surface area contributed by atoms with Crippen LogP contribution in [0.4, 0.5) is 0 Å². The zero-order valence-electron chi connectivity index (χ0n) is 7.25. The Labute approximate surface area is 72.2 Å². The van der Waals surface area contributed by atoms with Gasteiger partial charge in [-0.15, -0.1) is 0 Å². The van der Waals surface area contributed by atoms with E-state index in [9.17, 15) is 5.11 Å². The summed E-state index contributed by atoms with van der Waals surface area (Å²) in [5, 5.41) is 18.4. The van der Waals surface area contributed by atoms with E-state index in [-0.39, 0.29) is 16.9 Å². The lowest BCUT2D eigenvalue weighted by molar-refractivity contribution is 0.258. The predicted octanol–water partition coefficient (Wildman–Crippen LogP) is 1.63. The van der Waals surface area contributed by atoms with Crippen LogP contribution < -0.4 is 5.73 Å². The molecule has 0 bridgehead atoms. The molecule has 0 aliphatic heterocycles. The molecule has 0 saturated carbocycles. The number of hydrogen-bond donors (Lipinski definition) is 3. The Hall–Kier alpha value is -0.960. The number of rotatable bonds is 2. The van der Waals surface area contributed by atoms with Crippen LogP contribution in [0.15, 0.2) is 23.7 Å². The Bertz CT molecular complexity index is 233. The Morgan fingerprint density at radius 3 is 2.75 bits per heavy atom. The molecule has 0 aromatic rings. The lowest BCUT2D eigenvalue weighted by Crippen LogP contribution is -2.21. The Kier molecular flexibility index (Phi) is 2.43. The van der Waals surface area contributed by atoms with E-state index >= 15 is 0 Å². The van der Waals surface area contributed by atoms with Crippen molar-refractivity contribution in [2.24, 2.45) is 11.1 Å². The average Bonchev–Trinajstić information content (AvgIpc) is 1.98. The van der Waals surface area contributed by atoms with Gasteiger partial charge in [0.05, 0.1) is 0 Å². The summed E-state index contributed by atoms with van der Waals surface area (Å²) in [5.41, 5.74) is 5.34. The zero-order valence-corrected chi connectivity index (χ0v) is 7.25. The standard InChI is InChI=1S/C9H15NO2/c1-9(4-5-10)3-2-7(11)8(12)6-9/h2-3,11-12H,4-6,10H2,1H3. The minimum absolute atomic E-state index is 0.0236. The van der Waals surface area contributed by atoms with Crippen LogP contribution in [0.25, 0.3) is 0 Å². The number of nitrogens with two attached hydrogens (primary N) is 1. The molecule has 4 N–H and O–H groups in total. The molecule has 0 aromatic heterocycles. The van der Waals surface area contributed by atoms with Crippen LogP contribution in [0, 0.1) is 5.41 Å². The normalized spacial score (nSPS) is 29.5. The second-order valence-corrected chi connectivity index (χ2v) is 3.53. The maximum absolute atomic E-state index is 9.28. The first kappa shape index (κ1) is 9.13. The van der Waals surface area contributed by atoms with Crippen molar-refractivity contribution in [3.05, 3.63) is 23.7 Å². The van der Waals surface area contributed by atoms with Crippen LogP contribution in [-0.2, 0) is 0 Å². The quantitative estimate of drug-likeness (QED) is 0.588.